The van der Waals surface area contributed by atoms with Gasteiger partial charge in [0.05, 0.1) is 0 Å². The van der Waals surface area contributed by atoms with Crippen molar-refractivity contribution in [1.29, 1.82) is 0 Å². The van der Waals surface area contributed by atoms with Crippen LogP contribution in [0.1, 0.15) is 40.0 Å². The fraction of sp³-hybridized carbons (Fsp3) is 0.909. The van der Waals surface area contributed by atoms with Gasteiger partial charge in [-0.05, 0) is 40.2 Å². The summed E-state index contributed by atoms with van der Waals surface area (Å²) < 4.78 is 0. The van der Waals surface area contributed by atoms with Crippen LogP contribution in [0.4, 0.5) is 0 Å². The third-order valence-electron chi connectivity index (χ3n) is 2.69. The highest BCUT2D eigenvalue weighted by atomic mass is 16.2. The first kappa shape index (κ1) is 12.5. The lowest BCUT2D eigenvalue weighted by Gasteiger charge is -2.46. The highest BCUT2D eigenvalue weighted by molar-refractivity contribution is 5.76. The van der Waals surface area contributed by atoms with Crippen LogP contribution < -0.4 is 5.73 Å². The molecule has 0 radical (unpaired) electrons. The Morgan fingerprint density at radius 3 is 2.60 bits per heavy atom. The summed E-state index contributed by atoms with van der Waals surface area (Å²) in [6.45, 7) is 8.79. The summed E-state index contributed by atoms with van der Waals surface area (Å²) in [6.07, 6.45) is 2.52. The van der Waals surface area contributed by atoms with Crippen LogP contribution in [-0.4, -0.2) is 41.1 Å². The first-order valence-corrected chi connectivity index (χ1v) is 5.75. The van der Waals surface area contributed by atoms with E-state index in [-0.39, 0.29) is 11.4 Å². The first-order valence-electron chi connectivity index (χ1n) is 5.75. The number of nitrogens with zero attached hydrogens (tertiary/aromatic N) is 2. The van der Waals surface area contributed by atoms with Gasteiger partial charge in [0.15, 0.2) is 0 Å². The van der Waals surface area contributed by atoms with Crippen molar-refractivity contribution in [3.8, 4) is 0 Å². The molecule has 1 heterocycles. The smallest absolute Gasteiger partial charge is 0.236 e. The Morgan fingerprint density at radius 2 is 2.07 bits per heavy atom. The van der Waals surface area contributed by atoms with E-state index in [4.69, 9.17) is 5.73 Å². The second kappa shape index (κ2) is 4.94. The number of carbonyl (C=O) groups is 1. The molecule has 0 aromatic heterocycles. The summed E-state index contributed by atoms with van der Waals surface area (Å²) in [7, 11) is 0. The molecule has 0 aromatic rings. The van der Waals surface area contributed by atoms with Gasteiger partial charge in [-0.25, -0.2) is 5.01 Å². The van der Waals surface area contributed by atoms with Gasteiger partial charge < -0.3 is 5.73 Å². The SMILES string of the molecule is CC(C)(C)N1CCCC(=O)N1CCCN. The van der Waals surface area contributed by atoms with Gasteiger partial charge in [0.1, 0.15) is 0 Å². The predicted molar refractivity (Wildman–Crippen MR) is 61.1 cm³/mol. The topological polar surface area (TPSA) is 49.6 Å². The number of nitrogens with two attached hydrogens (primary N) is 1. The van der Waals surface area contributed by atoms with Gasteiger partial charge in [-0.2, -0.15) is 0 Å². The van der Waals surface area contributed by atoms with Crippen molar-refractivity contribution in [2.45, 2.75) is 45.6 Å². The Balaban J connectivity index is 2.69. The molecule has 1 aliphatic rings. The number of hydrogen-bond acceptors (Lipinski definition) is 3. The Labute approximate surface area is 92.4 Å². The van der Waals surface area contributed by atoms with Crippen molar-refractivity contribution in [1.82, 2.24) is 10.0 Å². The molecule has 1 amide bonds. The van der Waals surface area contributed by atoms with E-state index in [2.05, 4.69) is 25.8 Å². The average Bonchev–Trinajstić information content (AvgIpc) is 2.14. The van der Waals surface area contributed by atoms with Crippen LogP contribution in [0.5, 0.6) is 0 Å². The van der Waals surface area contributed by atoms with Crippen molar-refractivity contribution >= 4 is 5.91 Å². The van der Waals surface area contributed by atoms with Crippen LogP contribution in [0.3, 0.4) is 0 Å². The van der Waals surface area contributed by atoms with Crippen LogP contribution in [0.2, 0.25) is 0 Å². The lowest BCUT2D eigenvalue weighted by Crippen LogP contribution is -2.58. The van der Waals surface area contributed by atoms with Crippen LogP contribution >= 0.6 is 0 Å². The molecule has 4 nitrogen and oxygen atoms in total. The Hall–Kier alpha value is -0.610. The highest BCUT2D eigenvalue weighted by Crippen LogP contribution is 2.22. The standard InChI is InChI=1S/C11H23N3O/c1-11(2,3)14-9-4-6-10(15)13(14)8-5-7-12/h4-9,12H2,1-3H3. The maximum Gasteiger partial charge on any atom is 0.236 e. The molecule has 0 atom stereocenters. The van der Waals surface area contributed by atoms with E-state index in [1.807, 2.05) is 5.01 Å². The number of carbonyl (C=O) groups excluding carboxylic acids is 1. The molecule has 88 valence electrons. The molecule has 0 aromatic carbocycles. The molecular weight excluding hydrogens is 190 g/mol. The quantitative estimate of drug-likeness (QED) is 0.760. The molecule has 0 bridgehead atoms. The van der Waals surface area contributed by atoms with Crippen molar-refractivity contribution in [3.63, 3.8) is 0 Å². The molecule has 0 aliphatic carbocycles. The van der Waals surface area contributed by atoms with E-state index in [1.165, 1.54) is 0 Å². The number of hydrazine groups is 1. The Kier molecular flexibility index (Phi) is 4.11. The molecule has 1 saturated heterocycles. The zero-order chi connectivity index (χ0) is 11.5. The largest absolute Gasteiger partial charge is 0.330 e. The zero-order valence-electron chi connectivity index (χ0n) is 10.1. The molecule has 2 N–H and O–H groups in total. The second-order valence-electron chi connectivity index (χ2n) is 5.06. The van der Waals surface area contributed by atoms with Crippen molar-refractivity contribution in [2.75, 3.05) is 19.6 Å². The molecule has 15 heavy (non-hydrogen) atoms. The van der Waals surface area contributed by atoms with Crippen LogP contribution in [0.15, 0.2) is 0 Å². The molecule has 0 spiro atoms. The summed E-state index contributed by atoms with van der Waals surface area (Å²) in [5.41, 5.74) is 5.51. The van der Waals surface area contributed by atoms with Gasteiger partial charge in [-0.1, -0.05) is 0 Å². The maximum atomic E-state index is 11.8. The summed E-state index contributed by atoms with van der Waals surface area (Å²) >= 11 is 0. The van der Waals surface area contributed by atoms with Gasteiger partial charge in [-0.15, -0.1) is 0 Å². The van der Waals surface area contributed by atoms with Crippen molar-refractivity contribution in [2.24, 2.45) is 5.73 Å². The summed E-state index contributed by atoms with van der Waals surface area (Å²) in [4.78, 5) is 11.8. The molecule has 1 aliphatic heterocycles. The first-order chi connectivity index (χ1) is 6.96. The highest BCUT2D eigenvalue weighted by Gasteiger charge is 2.32. The Morgan fingerprint density at radius 1 is 1.40 bits per heavy atom. The molecular formula is C11H23N3O. The number of hydrogen-bond donors (Lipinski definition) is 1. The van der Waals surface area contributed by atoms with E-state index >= 15 is 0 Å². The third-order valence-corrected chi connectivity index (χ3v) is 2.69. The molecule has 1 rings (SSSR count). The van der Waals surface area contributed by atoms with E-state index < -0.39 is 0 Å². The monoisotopic (exact) mass is 213 g/mol. The lowest BCUT2D eigenvalue weighted by molar-refractivity contribution is -0.168. The zero-order valence-corrected chi connectivity index (χ0v) is 10.1. The van der Waals surface area contributed by atoms with Gasteiger partial charge >= 0.3 is 0 Å². The summed E-state index contributed by atoms with van der Waals surface area (Å²) in [5, 5.41) is 4.06. The lowest BCUT2D eigenvalue weighted by atomic mass is 10.1. The molecule has 4 heteroatoms. The fourth-order valence-corrected chi connectivity index (χ4v) is 1.95. The van der Waals surface area contributed by atoms with Crippen LogP contribution in [0.25, 0.3) is 0 Å². The third kappa shape index (κ3) is 3.18. The fourth-order valence-electron chi connectivity index (χ4n) is 1.95. The minimum Gasteiger partial charge on any atom is -0.330 e. The molecule has 0 unspecified atom stereocenters. The van der Waals surface area contributed by atoms with Crippen LogP contribution in [-0.2, 0) is 4.79 Å². The van der Waals surface area contributed by atoms with Gasteiger partial charge in [0.25, 0.3) is 0 Å². The van der Waals surface area contributed by atoms with E-state index in [0.29, 0.717) is 13.0 Å². The van der Waals surface area contributed by atoms with Crippen molar-refractivity contribution in [3.05, 3.63) is 0 Å². The van der Waals surface area contributed by atoms with E-state index in [0.717, 1.165) is 25.9 Å². The number of amides is 1. The molecule has 0 saturated carbocycles. The van der Waals surface area contributed by atoms with Gasteiger partial charge in [0.2, 0.25) is 5.91 Å². The van der Waals surface area contributed by atoms with Crippen LogP contribution in [0, 0.1) is 0 Å². The predicted octanol–water partition coefficient (Wildman–Crippen LogP) is 0.973. The summed E-state index contributed by atoms with van der Waals surface area (Å²) in [5.74, 6) is 0.240. The van der Waals surface area contributed by atoms with Crippen molar-refractivity contribution < 1.29 is 4.79 Å². The minimum atomic E-state index is 0.0185. The van der Waals surface area contributed by atoms with E-state index in [1.54, 1.807) is 0 Å². The minimum absolute atomic E-state index is 0.0185. The molecule has 1 fully saturated rings. The Bertz CT molecular complexity index is 222. The number of rotatable bonds is 3. The summed E-state index contributed by atoms with van der Waals surface area (Å²) in [6, 6.07) is 0. The van der Waals surface area contributed by atoms with Gasteiger partial charge in [0, 0.05) is 25.0 Å². The average molecular weight is 213 g/mol. The van der Waals surface area contributed by atoms with E-state index in [9.17, 15) is 4.79 Å². The maximum absolute atomic E-state index is 11.8. The second-order valence-corrected chi connectivity index (χ2v) is 5.06. The normalized spacial score (nSPS) is 19.7. The van der Waals surface area contributed by atoms with Gasteiger partial charge in [-0.3, -0.25) is 9.80 Å².